The van der Waals surface area contributed by atoms with Crippen molar-refractivity contribution in [3.8, 4) is 0 Å². The van der Waals surface area contributed by atoms with Gasteiger partial charge in [0, 0.05) is 15.7 Å². The molecule has 0 aliphatic rings. The third-order valence-corrected chi connectivity index (χ3v) is 4.16. The number of likely N-dealkylation sites (N-methyl/N-ethyl adjacent to an activating group) is 1. The van der Waals surface area contributed by atoms with Crippen LogP contribution in [0.15, 0.2) is 29.2 Å². The summed E-state index contributed by atoms with van der Waals surface area (Å²) in [5.41, 5.74) is -0.683. The maximum atomic E-state index is 12.0. The van der Waals surface area contributed by atoms with E-state index in [2.05, 4.69) is 5.32 Å². The van der Waals surface area contributed by atoms with Crippen LogP contribution in [0.5, 0.6) is 0 Å². The predicted molar refractivity (Wildman–Crippen MR) is 80.9 cm³/mol. The third-order valence-electron chi connectivity index (χ3n) is 2.62. The van der Waals surface area contributed by atoms with Gasteiger partial charge in [-0.2, -0.15) is 0 Å². The maximum Gasteiger partial charge on any atom is 0.326 e. The van der Waals surface area contributed by atoms with E-state index >= 15 is 0 Å². The summed E-state index contributed by atoms with van der Waals surface area (Å²) in [6.07, 6.45) is 0. The van der Waals surface area contributed by atoms with Crippen molar-refractivity contribution >= 4 is 29.3 Å². The molecule has 1 atom stereocenters. The molecular formula is C14H20ClNO2S. The monoisotopic (exact) mass is 301 g/mol. The quantitative estimate of drug-likeness (QED) is 0.619. The van der Waals surface area contributed by atoms with Crippen molar-refractivity contribution < 1.29 is 9.53 Å². The number of ether oxygens (including phenoxy) is 1. The van der Waals surface area contributed by atoms with Crippen molar-refractivity contribution in [3.05, 3.63) is 29.3 Å². The van der Waals surface area contributed by atoms with Gasteiger partial charge in [-0.05, 0) is 38.6 Å². The Morgan fingerprint density at radius 3 is 2.79 bits per heavy atom. The van der Waals surface area contributed by atoms with E-state index in [-0.39, 0.29) is 5.97 Å². The summed E-state index contributed by atoms with van der Waals surface area (Å²) < 4.78 is 5.13. The van der Waals surface area contributed by atoms with Gasteiger partial charge in [-0.15, -0.1) is 11.8 Å². The van der Waals surface area contributed by atoms with E-state index in [1.54, 1.807) is 11.8 Å². The van der Waals surface area contributed by atoms with Crippen molar-refractivity contribution in [3.63, 3.8) is 0 Å². The van der Waals surface area contributed by atoms with Crippen LogP contribution in [0.1, 0.15) is 20.8 Å². The van der Waals surface area contributed by atoms with E-state index in [4.69, 9.17) is 16.3 Å². The minimum Gasteiger partial charge on any atom is -0.465 e. The van der Waals surface area contributed by atoms with Gasteiger partial charge in [0.25, 0.3) is 0 Å². The molecule has 0 aliphatic heterocycles. The maximum absolute atomic E-state index is 12.0. The van der Waals surface area contributed by atoms with Crippen LogP contribution in [0.3, 0.4) is 0 Å². The number of nitrogens with one attached hydrogen (secondary N) is 1. The first kappa shape index (κ1) is 16.3. The first-order chi connectivity index (χ1) is 9.01. The molecule has 1 aromatic rings. The Morgan fingerprint density at radius 1 is 1.47 bits per heavy atom. The number of rotatable bonds is 7. The lowest BCUT2D eigenvalue weighted by atomic mass is 10.1. The molecule has 3 nitrogen and oxygen atoms in total. The molecule has 0 aliphatic carbocycles. The Labute approximate surface area is 124 Å². The summed E-state index contributed by atoms with van der Waals surface area (Å²) in [5, 5.41) is 3.90. The lowest BCUT2D eigenvalue weighted by molar-refractivity contribution is -0.149. The van der Waals surface area contributed by atoms with Crippen LogP contribution < -0.4 is 5.32 Å². The lowest BCUT2D eigenvalue weighted by Crippen LogP contribution is -2.52. The summed E-state index contributed by atoms with van der Waals surface area (Å²) in [5.74, 6) is 0.381. The van der Waals surface area contributed by atoms with Crippen molar-refractivity contribution in [1.29, 1.82) is 0 Å². The number of hydrogen-bond acceptors (Lipinski definition) is 4. The molecule has 0 radical (unpaired) electrons. The molecule has 1 rings (SSSR count). The fourth-order valence-corrected chi connectivity index (χ4v) is 2.96. The second-order valence-corrected chi connectivity index (χ2v) is 5.81. The zero-order valence-electron chi connectivity index (χ0n) is 11.5. The average molecular weight is 302 g/mol. The van der Waals surface area contributed by atoms with Gasteiger partial charge in [-0.3, -0.25) is 4.79 Å². The molecule has 0 aromatic heterocycles. The smallest absolute Gasteiger partial charge is 0.326 e. The zero-order valence-corrected chi connectivity index (χ0v) is 13.1. The van der Waals surface area contributed by atoms with Gasteiger partial charge in [0.2, 0.25) is 0 Å². The van der Waals surface area contributed by atoms with Crippen LogP contribution in [-0.2, 0) is 9.53 Å². The number of halogens is 1. The largest absolute Gasteiger partial charge is 0.465 e. The summed E-state index contributed by atoms with van der Waals surface area (Å²) in [6.45, 7) is 6.76. The van der Waals surface area contributed by atoms with Crippen LogP contribution in [0, 0.1) is 0 Å². The van der Waals surface area contributed by atoms with Crippen LogP contribution in [0.25, 0.3) is 0 Å². The molecule has 0 spiro atoms. The molecular weight excluding hydrogens is 282 g/mol. The van der Waals surface area contributed by atoms with Crippen molar-refractivity contribution in [2.24, 2.45) is 0 Å². The highest BCUT2D eigenvalue weighted by atomic mass is 35.5. The zero-order chi connectivity index (χ0) is 14.3. The third kappa shape index (κ3) is 5.05. The first-order valence-electron chi connectivity index (χ1n) is 6.32. The molecule has 0 amide bonds. The van der Waals surface area contributed by atoms with E-state index in [1.165, 1.54) is 0 Å². The number of thioether (sulfide) groups is 1. The molecule has 0 saturated heterocycles. The van der Waals surface area contributed by atoms with E-state index < -0.39 is 5.54 Å². The normalized spacial score (nSPS) is 13.9. The van der Waals surface area contributed by atoms with Gasteiger partial charge < -0.3 is 10.1 Å². The molecule has 1 aromatic carbocycles. The molecule has 0 fully saturated rings. The Bertz CT molecular complexity index is 428. The minimum absolute atomic E-state index is 0.216. The molecule has 0 saturated carbocycles. The van der Waals surface area contributed by atoms with Crippen LogP contribution in [-0.4, -0.2) is 30.4 Å². The second-order valence-electron chi connectivity index (χ2n) is 4.33. The fraction of sp³-hybridized carbons (Fsp3) is 0.500. The second kappa shape index (κ2) is 7.78. The van der Waals surface area contributed by atoms with E-state index in [0.717, 1.165) is 4.90 Å². The number of hydrogen-bond donors (Lipinski definition) is 1. The predicted octanol–water partition coefficient (Wildman–Crippen LogP) is 3.36. The Kier molecular flexibility index (Phi) is 6.69. The van der Waals surface area contributed by atoms with Crippen LogP contribution in [0.2, 0.25) is 5.02 Å². The van der Waals surface area contributed by atoms with Gasteiger partial charge in [0.05, 0.1) is 6.61 Å². The summed E-state index contributed by atoms with van der Waals surface area (Å²) >= 11 is 7.54. The molecule has 0 heterocycles. The van der Waals surface area contributed by atoms with E-state index in [1.807, 2.05) is 45.0 Å². The summed E-state index contributed by atoms with van der Waals surface area (Å²) in [7, 11) is 0. The van der Waals surface area contributed by atoms with Gasteiger partial charge in [0.15, 0.2) is 0 Å². The van der Waals surface area contributed by atoms with Gasteiger partial charge in [-0.1, -0.05) is 24.6 Å². The molecule has 19 heavy (non-hydrogen) atoms. The molecule has 1 unspecified atom stereocenters. The Balaban J connectivity index is 2.70. The first-order valence-corrected chi connectivity index (χ1v) is 7.68. The van der Waals surface area contributed by atoms with Crippen LogP contribution >= 0.6 is 23.4 Å². The van der Waals surface area contributed by atoms with E-state index in [9.17, 15) is 4.79 Å². The summed E-state index contributed by atoms with van der Waals surface area (Å²) in [4.78, 5) is 13.1. The SMILES string of the molecule is CCNC(C)(CSc1cccc(Cl)c1)C(=O)OCC. The molecule has 5 heteroatoms. The molecule has 106 valence electrons. The number of benzene rings is 1. The standard InChI is InChI=1S/C14H20ClNO2S/c1-4-16-14(3,13(17)18-5-2)10-19-12-8-6-7-11(15)9-12/h6-9,16H,4-5,10H2,1-3H3. The highest BCUT2D eigenvalue weighted by Gasteiger charge is 2.33. The van der Waals surface area contributed by atoms with E-state index in [0.29, 0.717) is 23.9 Å². The number of carbonyl (C=O) groups excluding carboxylic acids is 1. The Hall–Kier alpha value is -0.710. The van der Waals surface area contributed by atoms with Crippen molar-refractivity contribution in [2.75, 3.05) is 18.9 Å². The fourth-order valence-electron chi connectivity index (χ4n) is 1.65. The highest BCUT2D eigenvalue weighted by molar-refractivity contribution is 7.99. The van der Waals surface area contributed by atoms with Crippen molar-refractivity contribution in [2.45, 2.75) is 31.2 Å². The summed E-state index contributed by atoms with van der Waals surface area (Å²) in [6, 6.07) is 7.61. The number of esters is 1. The van der Waals surface area contributed by atoms with Crippen LogP contribution in [0.4, 0.5) is 0 Å². The van der Waals surface area contributed by atoms with Crippen molar-refractivity contribution in [1.82, 2.24) is 5.32 Å². The van der Waals surface area contributed by atoms with Gasteiger partial charge in [0.1, 0.15) is 5.54 Å². The number of carbonyl (C=O) groups is 1. The van der Waals surface area contributed by atoms with Gasteiger partial charge >= 0.3 is 5.97 Å². The Morgan fingerprint density at radius 2 is 2.21 bits per heavy atom. The van der Waals surface area contributed by atoms with Gasteiger partial charge in [-0.25, -0.2) is 0 Å². The highest BCUT2D eigenvalue weighted by Crippen LogP contribution is 2.25. The molecule has 1 N–H and O–H groups in total. The average Bonchev–Trinajstić information content (AvgIpc) is 2.37. The lowest BCUT2D eigenvalue weighted by Gasteiger charge is -2.27. The minimum atomic E-state index is -0.683. The molecule has 0 bridgehead atoms. The topological polar surface area (TPSA) is 38.3 Å².